The number of rotatable bonds is 6. The molecule has 1 unspecified atom stereocenters. The zero-order valence-electron chi connectivity index (χ0n) is 16.4. The Labute approximate surface area is 155 Å². The van der Waals surface area contributed by atoms with E-state index in [0.717, 1.165) is 37.9 Å². The minimum Gasteiger partial charge on any atom is -0.360 e. The first-order chi connectivity index (χ1) is 12.3. The zero-order chi connectivity index (χ0) is 18.9. The molecule has 144 valence electrons. The molecule has 6 nitrogen and oxygen atoms in total. The summed E-state index contributed by atoms with van der Waals surface area (Å²) >= 11 is 0. The number of carbonyl (C=O) groups excluding carboxylic acids is 2. The van der Waals surface area contributed by atoms with Gasteiger partial charge in [-0.15, -0.1) is 0 Å². The van der Waals surface area contributed by atoms with E-state index >= 15 is 0 Å². The molecule has 0 spiro atoms. The van der Waals surface area contributed by atoms with Gasteiger partial charge in [0.25, 0.3) is 5.91 Å². The standard InChI is InChI=1S/C20H31N3O3/c1-5-20(3,4)12-18(24)23-9-8-15(10-13(23)2)21-19(25)16-11-17(26-22-16)14-6-7-14/h11,13-15H,5-10,12H2,1-4H3,(H,21,25)/t13-,15?/m0/s1. The lowest BCUT2D eigenvalue weighted by Gasteiger charge is -2.39. The first-order valence-electron chi connectivity index (χ1n) is 9.86. The van der Waals surface area contributed by atoms with E-state index in [1.165, 1.54) is 0 Å². The topological polar surface area (TPSA) is 75.4 Å². The Kier molecular flexibility index (Phi) is 5.39. The molecule has 26 heavy (non-hydrogen) atoms. The average molecular weight is 361 g/mol. The summed E-state index contributed by atoms with van der Waals surface area (Å²) in [7, 11) is 0. The van der Waals surface area contributed by atoms with Crippen molar-refractivity contribution in [2.45, 2.75) is 84.2 Å². The van der Waals surface area contributed by atoms with E-state index in [4.69, 9.17) is 4.52 Å². The second-order valence-electron chi connectivity index (χ2n) is 8.71. The van der Waals surface area contributed by atoms with Crippen LogP contribution in [-0.2, 0) is 4.79 Å². The summed E-state index contributed by atoms with van der Waals surface area (Å²) < 4.78 is 5.26. The van der Waals surface area contributed by atoms with Crippen molar-refractivity contribution in [3.05, 3.63) is 17.5 Å². The lowest BCUT2D eigenvalue weighted by atomic mass is 9.85. The minimum atomic E-state index is -0.176. The Morgan fingerprint density at radius 2 is 2.08 bits per heavy atom. The summed E-state index contributed by atoms with van der Waals surface area (Å²) in [4.78, 5) is 27.0. The molecule has 1 aromatic heterocycles. The molecule has 2 amide bonds. The third-order valence-electron chi connectivity index (χ3n) is 5.86. The maximum atomic E-state index is 12.6. The first kappa shape index (κ1) is 18.9. The highest BCUT2D eigenvalue weighted by molar-refractivity contribution is 5.92. The predicted molar refractivity (Wildman–Crippen MR) is 98.8 cm³/mol. The third-order valence-corrected chi connectivity index (χ3v) is 5.86. The van der Waals surface area contributed by atoms with Gasteiger partial charge in [0, 0.05) is 37.0 Å². The molecule has 1 saturated carbocycles. The van der Waals surface area contributed by atoms with Crippen LogP contribution >= 0.6 is 0 Å². The van der Waals surface area contributed by atoms with Crippen LogP contribution in [0.15, 0.2) is 10.6 Å². The smallest absolute Gasteiger partial charge is 0.273 e. The van der Waals surface area contributed by atoms with Crippen LogP contribution in [0.2, 0.25) is 0 Å². The molecule has 1 aliphatic heterocycles. The van der Waals surface area contributed by atoms with Gasteiger partial charge in [0.1, 0.15) is 5.76 Å². The van der Waals surface area contributed by atoms with E-state index in [-0.39, 0.29) is 29.3 Å². The Hall–Kier alpha value is -1.85. The summed E-state index contributed by atoms with van der Waals surface area (Å²) in [6, 6.07) is 1.97. The summed E-state index contributed by atoms with van der Waals surface area (Å²) in [5.74, 6) is 1.32. The van der Waals surface area contributed by atoms with Crippen molar-refractivity contribution in [3.63, 3.8) is 0 Å². The SMILES string of the molecule is CCC(C)(C)CC(=O)N1CCC(NC(=O)c2cc(C3CC3)on2)C[C@@H]1C. The van der Waals surface area contributed by atoms with Crippen LogP contribution < -0.4 is 5.32 Å². The van der Waals surface area contributed by atoms with Gasteiger partial charge in [-0.2, -0.15) is 0 Å². The number of amides is 2. The lowest BCUT2D eigenvalue weighted by molar-refractivity contribution is -0.136. The fourth-order valence-corrected chi connectivity index (χ4v) is 3.53. The largest absolute Gasteiger partial charge is 0.360 e. The van der Waals surface area contributed by atoms with Crippen molar-refractivity contribution in [1.29, 1.82) is 0 Å². The number of hydrogen-bond acceptors (Lipinski definition) is 4. The van der Waals surface area contributed by atoms with Crippen LogP contribution in [0.5, 0.6) is 0 Å². The van der Waals surface area contributed by atoms with Crippen molar-refractivity contribution < 1.29 is 14.1 Å². The molecule has 0 bridgehead atoms. The molecule has 2 fully saturated rings. The van der Waals surface area contributed by atoms with Crippen molar-refractivity contribution in [3.8, 4) is 0 Å². The highest BCUT2D eigenvalue weighted by Crippen LogP contribution is 2.40. The molecule has 1 N–H and O–H groups in total. The van der Waals surface area contributed by atoms with E-state index < -0.39 is 0 Å². The van der Waals surface area contributed by atoms with Crippen LogP contribution in [-0.4, -0.2) is 40.5 Å². The second-order valence-corrected chi connectivity index (χ2v) is 8.71. The number of likely N-dealkylation sites (tertiary alicyclic amines) is 1. The molecule has 1 saturated heterocycles. The van der Waals surface area contributed by atoms with Crippen LogP contribution in [0.3, 0.4) is 0 Å². The summed E-state index contributed by atoms with van der Waals surface area (Å²) in [6.07, 6.45) is 5.36. The molecule has 3 rings (SSSR count). The van der Waals surface area contributed by atoms with Gasteiger partial charge in [-0.05, 0) is 38.0 Å². The van der Waals surface area contributed by atoms with E-state index in [2.05, 4.69) is 38.2 Å². The number of piperidine rings is 1. The van der Waals surface area contributed by atoms with Gasteiger partial charge in [-0.1, -0.05) is 32.3 Å². The molecule has 2 heterocycles. The van der Waals surface area contributed by atoms with E-state index in [0.29, 0.717) is 24.6 Å². The Balaban J connectivity index is 1.51. The van der Waals surface area contributed by atoms with Crippen molar-refractivity contribution in [2.24, 2.45) is 5.41 Å². The fraction of sp³-hybridized carbons (Fsp3) is 0.750. The molecule has 6 heteroatoms. The Morgan fingerprint density at radius 1 is 1.35 bits per heavy atom. The molecule has 0 radical (unpaired) electrons. The predicted octanol–water partition coefficient (Wildman–Crippen LogP) is 3.49. The highest BCUT2D eigenvalue weighted by Gasteiger charge is 2.33. The van der Waals surface area contributed by atoms with E-state index in [1.54, 1.807) is 6.07 Å². The van der Waals surface area contributed by atoms with Crippen LogP contribution in [0.4, 0.5) is 0 Å². The molecule has 2 aliphatic rings. The van der Waals surface area contributed by atoms with Gasteiger partial charge in [0.05, 0.1) is 0 Å². The number of carbonyl (C=O) groups is 2. The van der Waals surface area contributed by atoms with Crippen molar-refractivity contribution in [1.82, 2.24) is 15.4 Å². The summed E-state index contributed by atoms with van der Waals surface area (Å²) in [5, 5.41) is 6.96. The molecule has 1 aromatic rings. The van der Waals surface area contributed by atoms with Gasteiger partial charge in [0.2, 0.25) is 5.91 Å². The molecule has 2 atom stereocenters. The Morgan fingerprint density at radius 3 is 2.69 bits per heavy atom. The molecular formula is C20H31N3O3. The van der Waals surface area contributed by atoms with Gasteiger partial charge in [-0.3, -0.25) is 9.59 Å². The summed E-state index contributed by atoms with van der Waals surface area (Å²) in [6.45, 7) is 9.15. The van der Waals surface area contributed by atoms with E-state index in [1.807, 2.05) is 4.90 Å². The minimum absolute atomic E-state index is 0.0358. The molecule has 1 aliphatic carbocycles. The fourth-order valence-electron chi connectivity index (χ4n) is 3.53. The van der Waals surface area contributed by atoms with Crippen LogP contribution in [0.1, 0.15) is 88.4 Å². The number of hydrogen-bond donors (Lipinski definition) is 1. The maximum Gasteiger partial charge on any atom is 0.273 e. The van der Waals surface area contributed by atoms with Crippen molar-refractivity contribution >= 4 is 11.8 Å². The average Bonchev–Trinajstić information content (AvgIpc) is 3.31. The van der Waals surface area contributed by atoms with Crippen molar-refractivity contribution in [2.75, 3.05) is 6.54 Å². The van der Waals surface area contributed by atoms with Crippen LogP contribution in [0.25, 0.3) is 0 Å². The Bertz CT molecular complexity index is 663. The van der Waals surface area contributed by atoms with Gasteiger partial charge >= 0.3 is 0 Å². The van der Waals surface area contributed by atoms with Gasteiger partial charge in [-0.25, -0.2) is 0 Å². The molecular weight excluding hydrogens is 330 g/mol. The third kappa shape index (κ3) is 4.46. The normalized spacial score (nSPS) is 23.8. The molecule has 0 aromatic carbocycles. The quantitative estimate of drug-likeness (QED) is 0.841. The number of nitrogens with one attached hydrogen (secondary N) is 1. The second kappa shape index (κ2) is 7.41. The highest BCUT2D eigenvalue weighted by atomic mass is 16.5. The van der Waals surface area contributed by atoms with Gasteiger partial charge < -0.3 is 14.7 Å². The zero-order valence-corrected chi connectivity index (χ0v) is 16.4. The number of nitrogens with zero attached hydrogens (tertiary/aromatic N) is 2. The first-order valence-corrected chi connectivity index (χ1v) is 9.86. The van der Waals surface area contributed by atoms with Gasteiger partial charge in [0.15, 0.2) is 5.69 Å². The number of aromatic nitrogens is 1. The van der Waals surface area contributed by atoms with Crippen LogP contribution in [0, 0.1) is 5.41 Å². The maximum absolute atomic E-state index is 12.6. The lowest BCUT2D eigenvalue weighted by Crippen LogP contribution is -2.51. The van der Waals surface area contributed by atoms with E-state index in [9.17, 15) is 9.59 Å². The monoisotopic (exact) mass is 361 g/mol. The summed E-state index contributed by atoms with van der Waals surface area (Å²) in [5.41, 5.74) is 0.399.